The highest BCUT2D eigenvalue weighted by Crippen LogP contribution is 2.42. The second-order valence-corrected chi connectivity index (χ2v) is 15.2. The Hall–Kier alpha value is -3.57. The highest BCUT2D eigenvalue weighted by Gasteiger charge is 2.25. The molecule has 5 rings (SSSR count). The summed E-state index contributed by atoms with van der Waals surface area (Å²) in [5.74, 6) is 1.47. The van der Waals surface area contributed by atoms with Crippen LogP contribution < -0.4 is 31.1 Å². The van der Waals surface area contributed by atoms with E-state index in [0.29, 0.717) is 77.5 Å². The molecule has 3 heterocycles. The zero-order chi connectivity index (χ0) is 37.2. The molecular formula is C42H62N4O6. The first-order valence-electron chi connectivity index (χ1n) is 19.4. The van der Waals surface area contributed by atoms with E-state index in [1.54, 1.807) is 19.2 Å². The molecule has 2 aliphatic heterocycles. The summed E-state index contributed by atoms with van der Waals surface area (Å²) in [4.78, 5) is 19.4. The number of piperidine rings is 2. The number of nitrogens with two attached hydrogens (primary N) is 2. The molecule has 0 unspecified atom stereocenters. The minimum absolute atomic E-state index is 0.103. The van der Waals surface area contributed by atoms with Gasteiger partial charge in [-0.25, -0.2) is 0 Å². The van der Waals surface area contributed by atoms with Crippen LogP contribution in [0.5, 0.6) is 23.0 Å². The standard InChI is InChI=1S/C42H62N4O6/c1-28(2)10-12-32-34(50-24-8-6-18-45-20-14-30(43)15-21-45)26-36-39(40(32)47)41(48)38-33(13-11-29(3)4)42(49-5)37(27-35(38)52-36)51-25-9-7-19-46-22-16-31(44)17-23-46/h10-11,26-27,30-31,47H,6-9,12-25,43-44H2,1-5H3. The van der Waals surface area contributed by atoms with Gasteiger partial charge in [0.05, 0.1) is 25.7 Å². The highest BCUT2D eigenvalue weighted by molar-refractivity contribution is 5.98. The first-order valence-corrected chi connectivity index (χ1v) is 19.4. The summed E-state index contributed by atoms with van der Waals surface area (Å²) in [5, 5.41) is 12.3. The fourth-order valence-corrected chi connectivity index (χ4v) is 7.26. The smallest absolute Gasteiger partial charge is 0.204 e. The molecule has 0 saturated carbocycles. The molecule has 3 aromatic rings. The molecule has 0 aliphatic carbocycles. The van der Waals surface area contributed by atoms with Gasteiger partial charge in [-0.3, -0.25) is 4.79 Å². The Balaban J connectivity index is 1.43. The number of hydrogen-bond donors (Lipinski definition) is 3. The maximum Gasteiger partial charge on any atom is 0.204 e. The summed E-state index contributed by atoms with van der Waals surface area (Å²) < 4.78 is 25.1. The van der Waals surface area contributed by atoms with Gasteiger partial charge in [0.25, 0.3) is 0 Å². The van der Waals surface area contributed by atoms with E-state index in [0.717, 1.165) is 102 Å². The number of methoxy groups -OCH3 is 1. The van der Waals surface area contributed by atoms with E-state index in [2.05, 4.69) is 15.9 Å². The van der Waals surface area contributed by atoms with Gasteiger partial charge in [-0.05, 0) is 131 Å². The lowest BCUT2D eigenvalue weighted by Crippen LogP contribution is -2.40. The van der Waals surface area contributed by atoms with Crippen molar-refractivity contribution in [3.63, 3.8) is 0 Å². The summed E-state index contributed by atoms with van der Waals surface area (Å²) in [5.41, 5.74) is 16.0. The Bertz CT molecular complexity index is 1760. The molecule has 0 radical (unpaired) electrons. The molecule has 0 spiro atoms. The molecule has 52 heavy (non-hydrogen) atoms. The fourth-order valence-electron chi connectivity index (χ4n) is 7.26. The van der Waals surface area contributed by atoms with E-state index in [1.807, 2.05) is 33.8 Å². The summed E-state index contributed by atoms with van der Waals surface area (Å²) in [6, 6.07) is 4.17. The molecule has 1 aromatic heterocycles. The van der Waals surface area contributed by atoms with Crippen LogP contribution in [0.4, 0.5) is 0 Å². The van der Waals surface area contributed by atoms with E-state index in [4.69, 9.17) is 30.1 Å². The third-order valence-electron chi connectivity index (χ3n) is 10.5. The number of likely N-dealkylation sites (tertiary alicyclic amines) is 2. The Morgan fingerprint density at radius 1 is 0.769 bits per heavy atom. The number of aromatic hydroxyl groups is 1. The summed E-state index contributed by atoms with van der Waals surface area (Å²) >= 11 is 0. The zero-order valence-corrected chi connectivity index (χ0v) is 32.2. The van der Waals surface area contributed by atoms with Crippen molar-refractivity contribution in [2.75, 3.05) is 59.6 Å². The molecule has 0 amide bonds. The number of phenols is 1. The largest absolute Gasteiger partial charge is 0.507 e. The Kier molecular flexibility index (Phi) is 14.5. The number of benzene rings is 2. The van der Waals surface area contributed by atoms with Crippen LogP contribution in [0, 0.1) is 0 Å². The van der Waals surface area contributed by atoms with Gasteiger partial charge >= 0.3 is 0 Å². The highest BCUT2D eigenvalue weighted by atomic mass is 16.5. The van der Waals surface area contributed by atoms with E-state index in [9.17, 15) is 9.90 Å². The first kappa shape index (κ1) is 39.6. The van der Waals surface area contributed by atoms with E-state index < -0.39 is 0 Å². The van der Waals surface area contributed by atoms with Crippen LogP contribution in [0.2, 0.25) is 0 Å². The molecule has 2 aliphatic rings. The van der Waals surface area contributed by atoms with Crippen molar-refractivity contribution in [1.82, 2.24) is 9.80 Å². The third-order valence-corrected chi connectivity index (χ3v) is 10.5. The molecule has 2 fully saturated rings. The van der Waals surface area contributed by atoms with E-state index in [-0.39, 0.29) is 22.1 Å². The molecule has 10 nitrogen and oxygen atoms in total. The second-order valence-electron chi connectivity index (χ2n) is 15.2. The number of allylic oxidation sites excluding steroid dienone is 4. The van der Waals surface area contributed by atoms with Crippen LogP contribution in [-0.2, 0) is 12.8 Å². The van der Waals surface area contributed by atoms with Gasteiger partial charge in [-0.1, -0.05) is 23.3 Å². The van der Waals surface area contributed by atoms with Crippen LogP contribution in [0.25, 0.3) is 21.9 Å². The summed E-state index contributed by atoms with van der Waals surface area (Å²) in [7, 11) is 1.60. The van der Waals surface area contributed by atoms with Gasteiger partial charge < -0.3 is 45.0 Å². The molecule has 5 N–H and O–H groups in total. The minimum Gasteiger partial charge on any atom is -0.507 e. The number of rotatable bonds is 17. The number of nitrogens with zero attached hydrogens (tertiary/aromatic N) is 2. The average Bonchev–Trinajstić information content (AvgIpc) is 3.11. The van der Waals surface area contributed by atoms with Gasteiger partial charge in [0.15, 0.2) is 11.5 Å². The van der Waals surface area contributed by atoms with Crippen LogP contribution in [0.15, 0.2) is 44.6 Å². The van der Waals surface area contributed by atoms with Gasteiger partial charge in [0, 0.05) is 35.3 Å². The van der Waals surface area contributed by atoms with Crippen LogP contribution in [0.1, 0.15) is 90.2 Å². The molecule has 2 saturated heterocycles. The molecule has 10 heteroatoms. The van der Waals surface area contributed by atoms with Gasteiger partial charge in [-0.2, -0.15) is 0 Å². The topological polar surface area (TPSA) is 137 Å². The Labute approximate surface area is 309 Å². The molecule has 0 atom stereocenters. The normalized spacial score (nSPS) is 16.4. The van der Waals surface area contributed by atoms with Crippen LogP contribution >= 0.6 is 0 Å². The van der Waals surface area contributed by atoms with E-state index >= 15 is 0 Å². The SMILES string of the molecule is COc1c(OCCCCN2CCC(N)CC2)cc2oc3cc(OCCCCN4CCC(N)CC4)c(CC=C(C)C)c(O)c3c(=O)c2c1CC=C(C)C. The lowest BCUT2D eigenvalue weighted by molar-refractivity contribution is 0.202. The molecule has 2 aromatic carbocycles. The number of fused-ring (bicyclic) bond motifs is 2. The van der Waals surface area contributed by atoms with E-state index in [1.165, 1.54) is 0 Å². The lowest BCUT2D eigenvalue weighted by Gasteiger charge is -2.29. The maximum absolute atomic E-state index is 14.5. The van der Waals surface area contributed by atoms with Crippen LogP contribution in [0.3, 0.4) is 0 Å². The number of ether oxygens (including phenoxy) is 3. The Morgan fingerprint density at radius 2 is 1.25 bits per heavy atom. The predicted molar refractivity (Wildman–Crippen MR) is 211 cm³/mol. The van der Waals surface area contributed by atoms with Crippen molar-refractivity contribution >= 4 is 21.9 Å². The lowest BCUT2D eigenvalue weighted by atomic mass is 9.98. The molecule has 0 bridgehead atoms. The average molecular weight is 719 g/mol. The van der Waals surface area contributed by atoms with Crippen molar-refractivity contribution in [2.24, 2.45) is 11.5 Å². The summed E-state index contributed by atoms with van der Waals surface area (Å²) in [6.45, 7) is 15.3. The molecule has 286 valence electrons. The van der Waals surface area contributed by atoms with Gasteiger partial charge in [-0.15, -0.1) is 0 Å². The van der Waals surface area contributed by atoms with Crippen LogP contribution in [-0.4, -0.2) is 86.6 Å². The number of unbranched alkanes of at least 4 members (excludes halogenated alkanes) is 2. The monoisotopic (exact) mass is 718 g/mol. The van der Waals surface area contributed by atoms with Crippen molar-refractivity contribution in [2.45, 2.75) is 104 Å². The van der Waals surface area contributed by atoms with Crippen molar-refractivity contribution in [3.8, 4) is 23.0 Å². The number of phenolic OH excluding ortho intramolecular Hbond substituents is 1. The van der Waals surface area contributed by atoms with Crippen molar-refractivity contribution in [1.29, 1.82) is 0 Å². The van der Waals surface area contributed by atoms with Crippen molar-refractivity contribution in [3.05, 3.63) is 56.8 Å². The second kappa shape index (κ2) is 19.0. The first-order chi connectivity index (χ1) is 25.0. The quantitative estimate of drug-likeness (QED) is 0.0773. The van der Waals surface area contributed by atoms with Crippen molar-refractivity contribution < 1.29 is 23.7 Å². The minimum atomic E-state index is -0.303. The number of hydrogen-bond acceptors (Lipinski definition) is 10. The van der Waals surface area contributed by atoms with Gasteiger partial charge in [0.1, 0.15) is 28.1 Å². The maximum atomic E-state index is 14.5. The summed E-state index contributed by atoms with van der Waals surface area (Å²) in [6.07, 6.45) is 12.9. The third kappa shape index (κ3) is 10.3. The predicted octanol–water partition coefficient (Wildman–Crippen LogP) is 6.84. The fraction of sp³-hybridized carbons (Fsp3) is 0.595. The zero-order valence-electron chi connectivity index (χ0n) is 32.2. The van der Waals surface area contributed by atoms with Gasteiger partial charge in [0.2, 0.25) is 5.43 Å². The molecular weight excluding hydrogens is 656 g/mol. The Morgan fingerprint density at radius 3 is 1.77 bits per heavy atom.